The second-order valence-electron chi connectivity index (χ2n) is 4.88. The fourth-order valence-corrected chi connectivity index (χ4v) is 2.59. The summed E-state index contributed by atoms with van der Waals surface area (Å²) in [6.45, 7) is 0.446. The minimum absolute atomic E-state index is 0.232. The summed E-state index contributed by atoms with van der Waals surface area (Å²) in [5.41, 5.74) is 1.06. The molecule has 0 aliphatic carbocycles. The average molecular weight is 286 g/mol. The van der Waals surface area contributed by atoms with Crippen LogP contribution in [0.3, 0.4) is 0 Å². The molecule has 0 aliphatic heterocycles. The zero-order valence-electron chi connectivity index (χ0n) is 11.0. The molecule has 0 spiro atoms. The summed E-state index contributed by atoms with van der Waals surface area (Å²) in [6, 6.07) is 18.7. The van der Waals surface area contributed by atoms with Gasteiger partial charge < -0.3 is 10.4 Å². The number of benzene rings is 3. The molecule has 3 rings (SSSR count). The first-order chi connectivity index (χ1) is 9.79. The number of anilines is 1. The van der Waals surface area contributed by atoms with Gasteiger partial charge in [0.25, 0.3) is 0 Å². The molecule has 20 heavy (non-hydrogen) atoms. The smallest absolute Gasteiger partial charge is 0.0847 e. The van der Waals surface area contributed by atoms with Gasteiger partial charge in [-0.05, 0) is 16.8 Å². The maximum atomic E-state index is 9.67. The van der Waals surface area contributed by atoms with Crippen molar-refractivity contribution in [3.63, 3.8) is 0 Å². The number of alkyl halides is 1. The van der Waals surface area contributed by atoms with Gasteiger partial charge in [-0.2, -0.15) is 0 Å². The Morgan fingerprint density at radius 2 is 1.50 bits per heavy atom. The highest BCUT2D eigenvalue weighted by Crippen LogP contribution is 2.32. The van der Waals surface area contributed by atoms with Crippen LogP contribution >= 0.6 is 11.6 Å². The van der Waals surface area contributed by atoms with Crippen LogP contribution in [0.15, 0.2) is 54.6 Å². The molecule has 0 aromatic heterocycles. The number of fused-ring (bicyclic) bond motifs is 2. The Kier molecular flexibility index (Phi) is 3.77. The van der Waals surface area contributed by atoms with Crippen LogP contribution in [0.4, 0.5) is 5.69 Å². The summed E-state index contributed by atoms with van der Waals surface area (Å²) in [7, 11) is 0. The molecule has 3 aromatic rings. The third-order valence-electron chi connectivity index (χ3n) is 3.46. The lowest BCUT2D eigenvalue weighted by Crippen LogP contribution is -2.21. The fourth-order valence-electron chi connectivity index (χ4n) is 2.48. The van der Waals surface area contributed by atoms with E-state index in [9.17, 15) is 5.11 Å². The normalized spacial score (nSPS) is 12.7. The number of nitrogens with one attached hydrogen (secondary N) is 1. The van der Waals surface area contributed by atoms with Gasteiger partial charge in [0.2, 0.25) is 0 Å². The largest absolute Gasteiger partial charge is 0.390 e. The van der Waals surface area contributed by atoms with Crippen molar-refractivity contribution >= 4 is 38.8 Å². The summed E-state index contributed by atoms with van der Waals surface area (Å²) in [5, 5.41) is 17.7. The molecule has 102 valence electrons. The predicted molar refractivity (Wildman–Crippen MR) is 86.7 cm³/mol. The highest BCUT2D eigenvalue weighted by molar-refractivity contribution is 6.18. The molecule has 0 saturated heterocycles. The molecule has 2 nitrogen and oxygen atoms in total. The number of aliphatic hydroxyl groups is 1. The van der Waals surface area contributed by atoms with Gasteiger partial charge in [0.15, 0.2) is 0 Å². The Hall–Kier alpha value is -1.77. The van der Waals surface area contributed by atoms with E-state index in [0.717, 1.165) is 16.5 Å². The van der Waals surface area contributed by atoms with E-state index in [-0.39, 0.29) is 5.88 Å². The standard InChI is InChI=1S/C17H16ClNO/c18-10-14(20)11-19-17-15-7-3-1-5-12(15)9-13-6-2-4-8-16(13)17/h1-9,14,19-20H,10-11H2. The van der Waals surface area contributed by atoms with Crippen LogP contribution in [0.1, 0.15) is 0 Å². The van der Waals surface area contributed by atoms with E-state index in [1.54, 1.807) is 0 Å². The molecule has 0 heterocycles. The number of hydrogen-bond acceptors (Lipinski definition) is 2. The number of rotatable bonds is 4. The Bertz CT molecular complexity index is 687. The third-order valence-corrected chi connectivity index (χ3v) is 3.82. The van der Waals surface area contributed by atoms with E-state index in [2.05, 4.69) is 35.6 Å². The highest BCUT2D eigenvalue weighted by Gasteiger charge is 2.08. The van der Waals surface area contributed by atoms with Crippen molar-refractivity contribution in [3.8, 4) is 0 Å². The predicted octanol–water partition coefficient (Wildman–Crippen LogP) is 4.00. The van der Waals surface area contributed by atoms with Crippen molar-refractivity contribution in [1.82, 2.24) is 0 Å². The topological polar surface area (TPSA) is 32.3 Å². The Morgan fingerprint density at radius 1 is 0.950 bits per heavy atom. The first-order valence-corrected chi connectivity index (χ1v) is 7.21. The van der Waals surface area contributed by atoms with E-state index >= 15 is 0 Å². The SMILES string of the molecule is OC(CCl)CNc1c2ccccc2cc2ccccc12. The Balaban J connectivity index is 2.17. The monoisotopic (exact) mass is 285 g/mol. The van der Waals surface area contributed by atoms with Crippen LogP contribution < -0.4 is 5.32 Å². The molecule has 0 aliphatic rings. The maximum Gasteiger partial charge on any atom is 0.0847 e. The van der Waals surface area contributed by atoms with Crippen LogP contribution in [-0.2, 0) is 0 Å². The van der Waals surface area contributed by atoms with Gasteiger partial charge in [-0.1, -0.05) is 48.5 Å². The van der Waals surface area contributed by atoms with Gasteiger partial charge in [0.1, 0.15) is 0 Å². The number of hydrogen-bond donors (Lipinski definition) is 2. The van der Waals surface area contributed by atoms with Gasteiger partial charge >= 0.3 is 0 Å². The second-order valence-corrected chi connectivity index (χ2v) is 5.19. The first-order valence-electron chi connectivity index (χ1n) is 6.68. The zero-order valence-corrected chi connectivity index (χ0v) is 11.8. The van der Waals surface area contributed by atoms with E-state index < -0.39 is 6.10 Å². The molecule has 0 fully saturated rings. The van der Waals surface area contributed by atoms with Gasteiger partial charge in [-0.15, -0.1) is 11.6 Å². The number of halogens is 1. The molecule has 1 atom stereocenters. The van der Waals surface area contributed by atoms with E-state index in [4.69, 9.17) is 11.6 Å². The van der Waals surface area contributed by atoms with E-state index in [0.29, 0.717) is 6.54 Å². The van der Waals surface area contributed by atoms with Crippen LogP contribution in [0.25, 0.3) is 21.5 Å². The highest BCUT2D eigenvalue weighted by atomic mass is 35.5. The summed E-state index contributed by atoms with van der Waals surface area (Å²) in [5.74, 6) is 0.232. The van der Waals surface area contributed by atoms with E-state index in [1.807, 2.05) is 24.3 Å². The molecular weight excluding hydrogens is 270 g/mol. The minimum atomic E-state index is -0.547. The zero-order chi connectivity index (χ0) is 13.9. The van der Waals surface area contributed by atoms with Gasteiger partial charge in [-0.25, -0.2) is 0 Å². The third kappa shape index (κ3) is 2.45. The van der Waals surface area contributed by atoms with Crippen LogP contribution in [0.2, 0.25) is 0 Å². The molecule has 0 amide bonds. The van der Waals surface area contributed by atoms with Crippen molar-refractivity contribution in [2.45, 2.75) is 6.10 Å². The fraction of sp³-hybridized carbons (Fsp3) is 0.176. The van der Waals surface area contributed by atoms with Crippen molar-refractivity contribution in [2.75, 3.05) is 17.7 Å². The van der Waals surface area contributed by atoms with E-state index in [1.165, 1.54) is 10.8 Å². The first kappa shape index (κ1) is 13.2. The van der Waals surface area contributed by atoms with Crippen LogP contribution in [-0.4, -0.2) is 23.6 Å². The minimum Gasteiger partial charge on any atom is -0.390 e. The molecule has 3 aromatic carbocycles. The van der Waals surface area contributed by atoms with Gasteiger partial charge in [-0.3, -0.25) is 0 Å². The van der Waals surface area contributed by atoms with Crippen molar-refractivity contribution in [1.29, 1.82) is 0 Å². The lowest BCUT2D eigenvalue weighted by molar-refractivity contribution is 0.211. The van der Waals surface area contributed by atoms with Crippen molar-refractivity contribution in [2.24, 2.45) is 0 Å². The van der Waals surface area contributed by atoms with Crippen molar-refractivity contribution in [3.05, 3.63) is 54.6 Å². The van der Waals surface area contributed by atoms with Gasteiger partial charge in [0.05, 0.1) is 12.0 Å². The quantitative estimate of drug-likeness (QED) is 0.561. The lowest BCUT2D eigenvalue weighted by atomic mass is 10.0. The lowest BCUT2D eigenvalue weighted by Gasteiger charge is -2.15. The van der Waals surface area contributed by atoms with Gasteiger partial charge in [0, 0.05) is 23.0 Å². The molecule has 3 heteroatoms. The van der Waals surface area contributed by atoms with Crippen LogP contribution in [0.5, 0.6) is 0 Å². The van der Waals surface area contributed by atoms with Crippen LogP contribution in [0, 0.1) is 0 Å². The Labute approximate surface area is 123 Å². The average Bonchev–Trinajstić information content (AvgIpc) is 2.51. The number of aliphatic hydroxyl groups excluding tert-OH is 1. The summed E-state index contributed by atoms with van der Waals surface area (Å²) < 4.78 is 0. The maximum absolute atomic E-state index is 9.67. The molecule has 0 bridgehead atoms. The molecule has 2 N–H and O–H groups in total. The molecule has 0 saturated carbocycles. The molecule has 1 unspecified atom stereocenters. The second kappa shape index (κ2) is 5.70. The summed E-state index contributed by atoms with van der Waals surface area (Å²) >= 11 is 5.66. The summed E-state index contributed by atoms with van der Waals surface area (Å²) in [6.07, 6.45) is -0.547. The van der Waals surface area contributed by atoms with Crippen molar-refractivity contribution < 1.29 is 5.11 Å². The Morgan fingerprint density at radius 3 is 2.05 bits per heavy atom. The molecule has 0 radical (unpaired) electrons. The summed E-state index contributed by atoms with van der Waals surface area (Å²) in [4.78, 5) is 0. The molecular formula is C17H16ClNO.